The molecule has 0 unspecified atom stereocenters. The van der Waals surface area contributed by atoms with Crippen molar-refractivity contribution in [1.29, 1.82) is 0 Å². The summed E-state index contributed by atoms with van der Waals surface area (Å²) in [5.74, 6) is -0.0402. The molecule has 0 amide bonds. The summed E-state index contributed by atoms with van der Waals surface area (Å²) in [5, 5.41) is 0. The van der Waals surface area contributed by atoms with Gasteiger partial charge in [-0.25, -0.2) is 0 Å². The van der Waals surface area contributed by atoms with Crippen LogP contribution in [0.2, 0.25) is 0 Å². The second-order valence-electron chi connectivity index (χ2n) is 5.79. The second kappa shape index (κ2) is 17.3. The highest BCUT2D eigenvalue weighted by Crippen LogP contribution is 2.10. The molecule has 0 saturated heterocycles. The van der Waals surface area contributed by atoms with Gasteiger partial charge in [-0.3, -0.25) is 4.79 Å². The fourth-order valence-corrected chi connectivity index (χ4v) is 2.40. The lowest BCUT2D eigenvalue weighted by molar-refractivity contribution is -0.143. The van der Waals surface area contributed by atoms with Gasteiger partial charge < -0.3 is 4.74 Å². The van der Waals surface area contributed by atoms with E-state index in [0.717, 1.165) is 12.8 Å². The molecule has 0 fully saturated rings. The van der Waals surface area contributed by atoms with E-state index in [1.807, 2.05) is 6.92 Å². The van der Waals surface area contributed by atoms with Crippen LogP contribution in [0.3, 0.4) is 0 Å². The third-order valence-electron chi connectivity index (χ3n) is 3.70. The molecule has 0 bridgehead atoms. The lowest BCUT2D eigenvalue weighted by Crippen LogP contribution is -2.03. The van der Waals surface area contributed by atoms with Crippen LogP contribution in [-0.2, 0) is 9.53 Å². The maximum Gasteiger partial charge on any atom is 0.305 e. The first-order valence-corrected chi connectivity index (χ1v) is 9.11. The van der Waals surface area contributed by atoms with Crippen molar-refractivity contribution < 1.29 is 9.53 Å². The molecule has 2 heteroatoms. The number of hydrogen-bond donors (Lipinski definition) is 0. The van der Waals surface area contributed by atoms with Crippen LogP contribution in [0.4, 0.5) is 0 Å². The predicted octanol–water partition coefficient (Wildman–Crippen LogP) is 6.20. The Morgan fingerprint density at radius 1 is 0.762 bits per heavy atom. The summed E-state index contributed by atoms with van der Waals surface area (Å²) in [4.78, 5) is 11.1. The maximum atomic E-state index is 11.1. The van der Waals surface area contributed by atoms with Crippen LogP contribution in [0.15, 0.2) is 12.2 Å². The van der Waals surface area contributed by atoms with Crippen molar-refractivity contribution in [2.45, 2.75) is 97.3 Å². The van der Waals surface area contributed by atoms with Crippen LogP contribution in [0.1, 0.15) is 97.3 Å². The summed E-state index contributed by atoms with van der Waals surface area (Å²) in [5.41, 5.74) is 0. The largest absolute Gasteiger partial charge is 0.466 e. The third-order valence-corrected chi connectivity index (χ3v) is 3.70. The monoisotopic (exact) mass is 296 g/mol. The number of ether oxygens (including phenoxy) is 1. The summed E-state index contributed by atoms with van der Waals surface area (Å²) in [6, 6.07) is 0. The first-order valence-electron chi connectivity index (χ1n) is 9.11. The third kappa shape index (κ3) is 17.2. The van der Waals surface area contributed by atoms with Gasteiger partial charge in [-0.05, 0) is 39.0 Å². The minimum Gasteiger partial charge on any atom is -0.466 e. The van der Waals surface area contributed by atoms with Crippen LogP contribution in [0, 0.1) is 0 Å². The molecule has 0 aliphatic carbocycles. The number of carbonyl (C=O) groups is 1. The quantitative estimate of drug-likeness (QED) is 0.204. The van der Waals surface area contributed by atoms with Gasteiger partial charge >= 0.3 is 5.97 Å². The van der Waals surface area contributed by atoms with Crippen LogP contribution in [0.25, 0.3) is 0 Å². The molecule has 0 aromatic rings. The van der Waals surface area contributed by atoms with E-state index in [2.05, 4.69) is 19.1 Å². The predicted molar refractivity (Wildman–Crippen MR) is 91.5 cm³/mol. The van der Waals surface area contributed by atoms with Gasteiger partial charge in [0, 0.05) is 6.42 Å². The van der Waals surface area contributed by atoms with E-state index in [9.17, 15) is 4.79 Å². The van der Waals surface area contributed by atoms with Crippen LogP contribution in [-0.4, -0.2) is 12.6 Å². The highest BCUT2D eigenvalue weighted by atomic mass is 16.5. The normalized spacial score (nSPS) is 11.1. The Hall–Kier alpha value is -0.790. The Labute approximate surface area is 132 Å². The van der Waals surface area contributed by atoms with E-state index < -0.39 is 0 Å². The van der Waals surface area contributed by atoms with Crippen molar-refractivity contribution in [2.24, 2.45) is 0 Å². The fraction of sp³-hybridized carbons (Fsp3) is 0.842. The van der Waals surface area contributed by atoms with Crippen LogP contribution in [0.5, 0.6) is 0 Å². The minimum atomic E-state index is -0.0402. The summed E-state index contributed by atoms with van der Waals surface area (Å²) >= 11 is 0. The lowest BCUT2D eigenvalue weighted by atomic mass is 10.1. The molecular formula is C19H36O2. The average molecular weight is 296 g/mol. The van der Waals surface area contributed by atoms with Gasteiger partial charge in [0.2, 0.25) is 0 Å². The Kier molecular flexibility index (Phi) is 16.6. The molecule has 0 aliphatic heterocycles. The topological polar surface area (TPSA) is 26.3 Å². The second-order valence-corrected chi connectivity index (χ2v) is 5.79. The van der Waals surface area contributed by atoms with E-state index in [-0.39, 0.29) is 5.97 Å². The maximum absolute atomic E-state index is 11.1. The Bertz CT molecular complexity index is 246. The summed E-state index contributed by atoms with van der Waals surface area (Å²) in [6.07, 6.45) is 20.5. The summed E-state index contributed by atoms with van der Waals surface area (Å²) in [6.45, 7) is 4.62. The van der Waals surface area contributed by atoms with Crippen LogP contribution < -0.4 is 0 Å². The zero-order valence-electron chi connectivity index (χ0n) is 14.4. The Morgan fingerprint density at radius 2 is 1.29 bits per heavy atom. The molecule has 0 aromatic heterocycles. The van der Waals surface area contributed by atoms with Gasteiger partial charge in [0.15, 0.2) is 0 Å². The molecule has 0 radical (unpaired) electrons. The van der Waals surface area contributed by atoms with Gasteiger partial charge in [0.1, 0.15) is 0 Å². The number of hydrogen-bond acceptors (Lipinski definition) is 2. The SMILES string of the molecule is CCCCCC/C=C/CCCCCCCCC(=O)OCC. The molecular weight excluding hydrogens is 260 g/mol. The van der Waals surface area contributed by atoms with Crippen LogP contribution >= 0.6 is 0 Å². The van der Waals surface area contributed by atoms with E-state index in [4.69, 9.17) is 4.74 Å². The van der Waals surface area contributed by atoms with Gasteiger partial charge in [-0.15, -0.1) is 0 Å². The van der Waals surface area contributed by atoms with E-state index in [1.165, 1.54) is 64.2 Å². The zero-order chi connectivity index (χ0) is 15.6. The zero-order valence-corrected chi connectivity index (χ0v) is 14.4. The smallest absolute Gasteiger partial charge is 0.305 e. The van der Waals surface area contributed by atoms with E-state index in [0.29, 0.717) is 13.0 Å². The van der Waals surface area contributed by atoms with E-state index in [1.54, 1.807) is 0 Å². The standard InChI is InChI=1S/C19H36O2/c1-3-5-6-7-8-9-10-11-12-13-14-15-16-17-18-19(20)21-4-2/h9-10H,3-8,11-18H2,1-2H3/b10-9+. The molecule has 124 valence electrons. The van der Waals surface area contributed by atoms with Gasteiger partial charge in [-0.1, -0.05) is 64.0 Å². The first-order chi connectivity index (χ1) is 10.3. The highest BCUT2D eigenvalue weighted by Gasteiger charge is 2.00. The Morgan fingerprint density at radius 3 is 1.86 bits per heavy atom. The fourth-order valence-electron chi connectivity index (χ4n) is 2.40. The number of carbonyl (C=O) groups excluding carboxylic acids is 1. The van der Waals surface area contributed by atoms with Gasteiger partial charge in [-0.2, -0.15) is 0 Å². The van der Waals surface area contributed by atoms with Crippen molar-refractivity contribution in [3.63, 3.8) is 0 Å². The van der Waals surface area contributed by atoms with Crippen molar-refractivity contribution in [2.75, 3.05) is 6.61 Å². The summed E-state index contributed by atoms with van der Waals surface area (Å²) < 4.78 is 4.91. The molecule has 0 atom stereocenters. The first kappa shape index (κ1) is 20.2. The molecule has 0 rings (SSSR count). The molecule has 0 aliphatic rings. The molecule has 0 spiro atoms. The number of esters is 1. The average Bonchev–Trinajstić information content (AvgIpc) is 2.48. The lowest BCUT2D eigenvalue weighted by Gasteiger charge is -2.02. The highest BCUT2D eigenvalue weighted by molar-refractivity contribution is 5.69. The molecule has 21 heavy (non-hydrogen) atoms. The van der Waals surface area contributed by atoms with Gasteiger partial charge in [0.05, 0.1) is 6.61 Å². The minimum absolute atomic E-state index is 0.0402. The molecule has 0 aromatic carbocycles. The summed E-state index contributed by atoms with van der Waals surface area (Å²) in [7, 11) is 0. The van der Waals surface area contributed by atoms with Crippen molar-refractivity contribution in [3.8, 4) is 0 Å². The molecule has 0 heterocycles. The Balaban J connectivity index is 3.11. The van der Waals surface area contributed by atoms with Gasteiger partial charge in [0.25, 0.3) is 0 Å². The van der Waals surface area contributed by atoms with Crippen molar-refractivity contribution >= 4 is 5.97 Å². The number of rotatable bonds is 15. The number of unbranched alkanes of at least 4 members (excludes halogenated alkanes) is 10. The van der Waals surface area contributed by atoms with Crippen molar-refractivity contribution in [3.05, 3.63) is 12.2 Å². The van der Waals surface area contributed by atoms with E-state index >= 15 is 0 Å². The molecule has 2 nitrogen and oxygen atoms in total. The van der Waals surface area contributed by atoms with Crippen molar-refractivity contribution in [1.82, 2.24) is 0 Å². The number of allylic oxidation sites excluding steroid dienone is 2. The molecule has 0 saturated carbocycles. The molecule has 0 N–H and O–H groups in total.